The molecule has 2 unspecified atom stereocenters. The van der Waals surface area contributed by atoms with Gasteiger partial charge in [-0.2, -0.15) is 0 Å². The van der Waals surface area contributed by atoms with Crippen LogP contribution >= 0.6 is 0 Å². The summed E-state index contributed by atoms with van der Waals surface area (Å²) in [6.45, 7) is 0.200. The van der Waals surface area contributed by atoms with Crippen LogP contribution in [0.25, 0.3) is 0 Å². The van der Waals surface area contributed by atoms with Crippen molar-refractivity contribution < 1.29 is 29.4 Å². The lowest BCUT2D eigenvalue weighted by molar-refractivity contribution is -0.290. The number of hydrogen-bond donors (Lipinski definition) is 3. The lowest BCUT2D eigenvalue weighted by Gasteiger charge is -2.42. The van der Waals surface area contributed by atoms with Crippen molar-refractivity contribution in [2.75, 3.05) is 6.61 Å². The normalized spacial score (nSPS) is 50.8. The third-order valence-corrected chi connectivity index (χ3v) is 2.20. The standard InChI is InChI=1S/C6H10BO6/c8-3-4(9)6(10)12-2-1-11-7-13-5(2)3/h2-6,8-10H,1H2/t2?,3-,4+,5-,6?/m1/s1. The summed E-state index contributed by atoms with van der Waals surface area (Å²) in [5, 5.41) is 27.8. The predicted octanol–water partition coefficient (Wildman–Crippen LogP) is -2.62. The Hall–Kier alpha value is -0.175. The monoisotopic (exact) mass is 189 g/mol. The van der Waals surface area contributed by atoms with Crippen LogP contribution in [0.5, 0.6) is 0 Å². The quantitative estimate of drug-likeness (QED) is 0.361. The number of fused-ring (bicyclic) bond motifs is 1. The van der Waals surface area contributed by atoms with Crippen molar-refractivity contribution in [3.8, 4) is 0 Å². The molecule has 6 nitrogen and oxygen atoms in total. The Morgan fingerprint density at radius 2 is 1.92 bits per heavy atom. The first-order chi connectivity index (χ1) is 6.20. The Labute approximate surface area is 75.3 Å². The summed E-state index contributed by atoms with van der Waals surface area (Å²) < 4.78 is 14.7. The highest BCUT2D eigenvalue weighted by Crippen LogP contribution is 2.24. The Bertz CT molecular complexity index is 188. The minimum atomic E-state index is -1.39. The summed E-state index contributed by atoms with van der Waals surface area (Å²) in [6, 6.07) is 0. The Balaban J connectivity index is 2.08. The van der Waals surface area contributed by atoms with Gasteiger partial charge in [0.05, 0.1) is 12.7 Å². The van der Waals surface area contributed by atoms with Gasteiger partial charge in [-0.3, -0.25) is 0 Å². The molecular weight excluding hydrogens is 179 g/mol. The van der Waals surface area contributed by atoms with Crippen molar-refractivity contribution in [2.24, 2.45) is 0 Å². The molecular formula is C6H10BO6. The summed E-state index contributed by atoms with van der Waals surface area (Å²) >= 11 is 0. The molecule has 2 heterocycles. The van der Waals surface area contributed by atoms with Crippen molar-refractivity contribution in [3.05, 3.63) is 0 Å². The second-order valence-corrected chi connectivity index (χ2v) is 3.08. The van der Waals surface area contributed by atoms with E-state index in [1.54, 1.807) is 0 Å². The van der Waals surface area contributed by atoms with E-state index in [1.807, 2.05) is 0 Å². The van der Waals surface area contributed by atoms with Gasteiger partial charge in [0.1, 0.15) is 18.3 Å². The number of rotatable bonds is 0. The Kier molecular flexibility index (Phi) is 2.54. The highest BCUT2D eigenvalue weighted by Gasteiger charge is 2.46. The topological polar surface area (TPSA) is 88.4 Å². The maximum Gasteiger partial charge on any atom is 0.488 e. The summed E-state index contributed by atoms with van der Waals surface area (Å²) in [5.41, 5.74) is 0. The summed E-state index contributed by atoms with van der Waals surface area (Å²) in [5.74, 6) is 0. The molecule has 0 saturated carbocycles. The largest absolute Gasteiger partial charge is 0.488 e. The third-order valence-electron chi connectivity index (χ3n) is 2.20. The van der Waals surface area contributed by atoms with Crippen molar-refractivity contribution in [3.63, 3.8) is 0 Å². The lowest BCUT2D eigenvalue weighted by atomic mass is 9.97. The number of ether oxygens (including phenoxy) is 1. The molecule has 2 aliphatic heterocycles. The molecule has 5 atom stereocenters. The zero-order chi connectivity index (χ0) is 9.42. The highest BCUT2D eigenvalue weighted by atomic mass is 16.7. The lowest BCUT2D eigenvalue weighted by Crippen LogP contribution is -2.61. The van der Waals surface area contributed by atoms with E-state index in [0.717, 1.165) is 7.69 Å². The first-order valence-corrected chi connectivity index (χ1v) is 3.98. The van der Waals surface area contributed by atoms with Crippen LogP contribution in [0.15, 0.2) is 0 Å². The van der Waals surface area contributed by atoms with E-state index in [2.05, 4.69) is 0 Å². The van der Waals surface area contributed by atoms with Crippen LogP contribution in [0.1, 0.15) is 0 Å². The molecule has 0 spiro atoms. The van der Waals surface area contributed by atoms with Crippen molar-refractivity contribution in [1.82, 2.24) is 0 Å². The molecule has 7 heteroatoms. The van der Waals surface area contributed by atoms with Gasteiger partial charge >= 0.3 is 7.69 Å². The summed E-state index contributed by atoms with van der Waals surface area (Å²) in [4.78, 5) is 0. The van der Waals surface area contributed by atoms with Crippen LogP contribution < -0.4 is 0 Å². The fourth-order valence-electron chi connectivity index (χ4n) is 1.46. The van der Waals surface area contributed by atoms with E-state index in [9.17, 15) is 10.2 Å². The molecule has 0 aromatic rings. The van der Waals surface area contributed by atoms with Gasteiger partial charge in [-0.25, -0.2) is 0 Å². The van der Waals surface area contributed by atoms with Crippen LogP contribution in [-0.2, 0) is 14.0 Å². The fraction of sp³-hybridized carbons (Fsp3) is 1.00. The molecule has 2 saturated heterocycles. The number of aliphatic hydroxyl groups is 3. The highest BCUT2D eigenvalue weighted by molar-refractivity contribution is 6.18. The molecule has 2 aliphatic rings. The average Bonchev–Trinajstić information content (AvgIpc) is 2.15. The summed E-state index contributed by atoms with van der Waals surface area (Å²) in [6.07, 6.45) is -5.10. The molecule has 0 aromatic carbocycles. The smallest absolute Gasteiger partial charge is 0.410 e. The molecule has 3 N–H and O–H groups in total. The van der Waals surface area contributed by atoms with Crippen molar-refractivity contribution in [1.29, 1.82) is 0 Å². The van der Waals surface area contributed by atoms with Crippen LogP contribution in [-0.4, -0.2) is 60.3 Å². The first kappa shape index (κ1) is 9.38. The maximum absolute atomic E-state index is 9.45. The Morgan fingerprint density at radius 1 is 1.15 bits per heavy atom. The van der Waals surface area contributed by atoms with E-state index < -0.39 is 30.7 Å². The van der Waals surface area contributed by atoms with E-state index in [0.29, 0.717) is 0 Å². The fourth-order valence-corrected chi connectivity index (χ4v) is 1.46. The molecule has 1 radical (unpaired) electrons. The number of aliphatic hydroxyl groups excluding tert-OH is 3. The van der Waals surface area contributed by atoms with Crippen LogP contribution in [0.2, 0.25) is 0 Å². The van der Waals surface area contributed by atoms with Gasteiger partial charge in [0, 0.05) is 0 Å². The average molecular weight is 189 g/mol. The summed E-state index contributed by atoms with van der Waals surface area (Å²) in [7, 11) is 1.10. The van der Waals surface area contributed by atoms with Gasteiger partial charge in [-0.15, -0.1) is 0 Å². The predicted molar refractivity (Wildman–Crippen MR) is 39.5 cm³/mol. The molecule has 0 aromatic heterocycles. The van der Waals surface area contributed by atoms with E-state index in [-0.39, 0.29) is 6.61 Å². The zero-order valence-corrected chi connectivity index (χ0v) is 6.74. The molecule has 0 aliphatic carbocycles. The third kappa shape index (κ3) is 1.59. The Morgan fingerprint density at radius 3 is 2.69 bits per heavy atom. The second-order valence-electron chi connectivity index (χ2n) is 3.08. The van der Waals surface area contributed by atoms with E-state index >= 15 is 0 Å². The van der Waals surface area contributed by atoms with Gasteiger partial charge in [-0.05, 0) is 0 Å². The molecule has 0 amide bonds. The first-order valence-electron chi connectivity index (χ1n) is 3.98. The molecule has 2 fully saturated rings. The molecule has 73 valence electrons. The van der Waals surface area contributed by atoms with Gasteiger partial charge < -0.3 is 29.4 Å². The van der Waals surface area contributed by atoms with Crippen molar-refractivity contribution in [2.45, 2.75) is 30.7 Å². The molecule has 13 heavy (non-hydrogen) atoms. The van der Waals surface area contributed by atoms with Gasteiger partial charge in [0.25, 0.3) is 0 Å². The minimum Gasteiger partial charge on any atom is -0.410 e. The minimum absolute atomic E-state index is 0.200. The van der Waals surface area contributed by atoms with Gasteiger partial charge in [0.2, 0.25) is 0 Å². The van der Waals surface area contributed by atoms with Gasteiger partial charge in [0.15, 0.2) is 6.29 Å². The van der Waals surface area contributed by atoms with E-state index in [4.69, 9.17) is 19.2 Å². The van der Waals surface area contributed by atoms with Crippen LogP contribution in [0.4, 0.5) is 0 Å². The maximum atomic E-state index is 9.45. The zero-order valence-electron chi connectivity index (χ0n) is 6.74. The molecule has 0 bridgehead atoms. The van der Waals surface area contributed by atoms with Gasteiger partial charge in [-0.1, -0.05) is 0 Å². The second kappa shape index (κ2) is 3.53. The van der Waals surface area contributed by atoms with Crippen LogP contribution in [0, 0.1) is 0 Å². The SMILES string of the molecule is OC1OC2CO[B]O[C@H]2[C@H](O)[C@@H]1O. The van der Waals surface area contributed by atoms with E-state index in [1.165, 1.54) is 0 Å². The van der Waals surface area contributed by atoms with Crippen molar-refractivity contribution >= 4 is 7.69 Å². The van der Waals surface area contributed by atoms with Crippen LogP contribution in [0.3, 0.4) is 0 Å². The number of hydrogen-bond acceptors (Lipinski definition) is 6. The molecule has 2 rings (SSSR count).